The van der Waals surface area contributed by atoms with Crippen molar-refractivity contribution < 1.29 is 14.8 Å². The van der Waals surface area contributed by atoms with Crippen molar-refractivity contribution >= 4 is 12.6 Å². The van der Waals surface area contributed by atoms with Crippen molar-refractivity contribution in [1.82, 2.24) is 0 Å². The van der Waals surface area contributed by atoms with Crippen molar-refractivity contribution in [3.63, 3.8) is 0 Å². The summed E-state index contributed by atoms with van der Waals surface area (Å²) in [4.78, 5) is 0. The molecule has 0 amide bonds. The number of hydrogen-bond acceptors (Lipinski definition) is 2. The van der Waals surface area contributed by atoms with Crippen molar-refractivity contribution in [2.75, 3.05) is 0 Å². The second kappa shape index (κ2) is 6.67. The van der Waals surface area contributed by atoms with E-state index in [2.05, 4.69) is 0 Å². The molecule has 27 heavy (non-hydrogen) atoms. The van der Waals surface area contributed by atoms with Crippen LogP contribution < -0.4 is 5.46 Å². The Balaban J connectivity index is 1.73. The zero-order chi connectivity index (χ0) is 22.6. The monoisotopic (exact) mass is 360 g/mol. The van der Waals surface area contributed by atoms with Gasteiger partial charge in [-0.05, 0) is 55.4 Å². The van der Waals surface area contributed by atoms with Gasteiger partial charge < -0.3 is 9.31 Å². The maximum Gasteiger partial charge on any atom is 0.494 e. The summed E-state index contributed by atoms with van der Waals surface area (Å²) in [6, 6.07) is 16.2. The van der Waals surface area contributed by atoms with Gasteiger partial charge in [0.15, 0.2) is 0 Å². The predicted molar refractivity (Wildman–Crippen MR) is 113 cm³/mol. The molecule has 1 heterocycles. The minimum Gasteiger partial charge on any atom is -0.399 e. The Hall–Kier alpha value is -2.36. The minimum absolute atomic E-state index is 0.0442. The normalized spacial score (nSPS) is 19.9. The SMILES string of the molecule is [2H]c1c([2H])c(-c2ccc(B3OC(C)(C)C(C)(C)O3)cc2)c([2H])c([2H])c1-c1ccccc1. The van der Waals surface area contributed by atoms with Gasteiger partial charge in [0.25, 0.3) is 0 Å². The van der Waals surface area contributed by atoms with Crippen LogP contribution in [0.2, 0.25) is 0 Å². The molecule has 0 radical (unpaired) electrons. The predicted octanol–water partition coefficient (Wildman–Crippen LogP) is 5.32. The summed E-state index contributed by atoms with van der Waals surface area (Å²) < 4.78 is 46.3. The molecule has 0 bridgehead atoms. The van der Waals surface area contributed by atoms with Crippen LogP contribution in [0.1, 0.15) is 33.2 Å². The van der Waals surface area contributed by atoms with Gasteiger partial charge >= 0.3 is 7.12 Å². The van der Waals surface area contributed by atoms with Crippen LogP contribution in [0.25, 0.3) is 22.3 Å². The van der Waals surface area contributed by atoms with Gasteiger partial charge in [-0.15, -0.1) is 0 Å². The fraction of sp³-hybridized carbons (Fsp3) is 0.250. The minimum atomic E-state index is -0.496. The van der Waals surface area contributed by atoms with E-state index in [9.17, 15) is 0 Å². The van der Waals surface area contributed by atoms with Crippen LogP contribution in [0.3, 0.4) is 0 Å². The lowest BCUT2D eigenvalue weighted by atomic mass is 9.78. The van der Waals surface area contributed by atoms with Crippen LogP contribution in [0.5, 0.6) is 0 Å². The van der Waals surface area contributed by atoms with Gasteiger partial charge in [-0.3, -0.25) is 0 Å². The quantitative estimate of drug-likeness (QED) is 0.589. The van der Waals surface area contributed by atoms with Gasteiger partial charge in [-0.2, -0.15) is 0 Å². The smallest absolute Gasteiger partial charge is 0.399 e. The molecular formula is C24H25BO2. The van der Waals surface area contributed by atoms with Crippen LogP contribution in [0.15, 0.2) is 78.8 Å². The van der Waals surface area contributed by atoms with E-state index in [1.54, 1.807) is 24.3 Å². The van der Waals surface area contributed by atoms with Crippen molar-refractivity contribution in [1.29, 1.82) is 0 Å². The van der Waals surface area contributed by atoms with Crippen LogP contribution >= 0.6 is 0 Å². The number of rotatable bonds is 3. The Morgan fingerprint density at radius 3 is 1.56 bits per heavy atom. The summed E-state index contributed by atoms with van der Waals surface area (Å²) in [5, 5.41) is 0. The van der Waals surface area contributed by atoms with Crippen LogP contribution in [0, 0.1) is 0 Å². The standard InChI is InChI=1S/C24H25BO2/c1-23(2)24(3,4)27-25(26-23)22-16-14-21(15-17-22)20-12-10-19(11-13-20)18-8-6-5-7-9-18/h5-17H,1-4H3/i10D,11D,12D,13D. The molecule has 0 N–H and O–H groups in total. The van der Waals surface area contributed by atoms with Crippen LogP contribution in [0.4, 0.5) is 0 Å². The lowest BCUT2D eigenvalue weighted by Gasteiger charge is -2.32. The highest BCUT2D eigenvalue weighted by atomic mass is 16.7. The molecule has 0 aliphatic carbocycles. The van der Waals surface area contributed by atoms with Gasteiger partial charge in [0.1, 0.15) is 0 Å². The molecule has 1 aliphatic rings. The van der Waals surface area contributed by atoms with Gasteiger partial charge in [-0.25, -0.2) is 0 Å². The topological polar surface area (TPSA) is 18.5 Å². The maximum atomic E-state index is 8.54. The third-order valence-corrected chi connectivity index (χ3v) is 5.41. The fourth-order valence-electron chi connectivity index (χ4n) is 2.99. The maximum absolute atomic E-state index is 8.54. The Bertz CT molecular complexity index is 1080. The second-order valence-corrected chi connectivity index (χ2v) is 7.83. The molecule has 1 aliphatic heterocycles. The van der Waals surface area contributed by atoms with Gasteiger partial charge in [0.2, 0.25) is 0 Å². The lowest BCUT2D eigenvalue weighted by molar-refractivity contribution is 0.00578. The molecule has 0 spiro atoms. The average molecular weight is 360 g/mol. The van der Waals surface area contributed by atoms with Crippen molar-refractivity contribution in [2.24, 2.45) is 0 Å². The Kier molecular flexibility index (Phi) is 3.40. The van der Waals surface area contributed by atoms with E-state index >= 15 is 0 Å². The highest BCUT2D eigenvalue weighted by Gasteiger charge is 2.51. The average Bonchev–Trinajstić information content (AvgIpc) is 2.95. The molecule has 1 fully saturated rings. The van der Waals surface area contributed by atoms with E-state index in [-0.39, 0.29) is 29.7 Å². The van der Waals surface area contributed by atoms with E-state index in [0.29, 0.717) is 16.7 Å². The van der Waals surface area contributed by atoms with E-state index in [0.717, 1.165) is 5.46 Å². The molecule has 3 aromatic carbocycles. The zero-order valence-corrected chi connectivity index (χ0v) is 16.1. The summed E-state index contributed by atoms with van der Waals surface area (Å²) in [6.07, 6.45) is 0. The van der Waals surface area contributed by atoms with Crippen LogP contribution in [-0.2, 0) is 9.31 Å². The first kappa shape index (κ1) is 13.8. The molecule has 3 aromatic rings. The highest BCUT2D eigenvalue weighted by Crippen LogP contribution is 2.36. The van der Waals surface area contributed by atoms with E-state index in [1.807, 2.05) is 58.0 Å². The highest BCUT2D eigenvalue weighted by molar-refractivity contribution is 6.62. The lowest BCUT2D eigenvalue weighted by Crippen LogP contribution is -2.41. The molecule has 3 heteroatoms. The molecule has 1 saturated heterocycles. The Morgan fingerprint density at radius 2 is 1.07 bits per heavy atom. The van der Waals surface area contributed by atoms with Crippen molar-refractivity contribution in [2.45, 2.75) is 38.9 Å². The van der Waals surface area contributed by atoms with Crippen molar-refractivity contribution in [3.05, 3.63) is 78.8 Å². The van der Waals surface area contributed by atoms with E-state index in [1.165, 1.54) is 0 Å². The Labute approximate surface area is 167 Å². The molecular weight excluding hydrogens is 331 g/mol. The first-order valence-corrected chi connectivity index (χ1v) is 9.15. The molecule has 2 nitrogen and oxygen atoms in total. The van der Waals surface area contributed by atoms with Gasteiger partial charge in [0.05, 0.1) is 16.7 Å². The Morgan fingerprint density at radius 1 is 0.630 bits per heavy atom. The summed E-state index contributed by atoms with van der Waals surface area (Å²) in [5.41, 5.74) is 1.86. The molecule has 0 unspecified atom stereocenters. The third kappa shape index (κ3) is 3.45. The number of benzene rings is 3. The first-order chi connectivity index (χ1) is 14.5. The molecule has 0 saturated carbocycles. The van der Waals surface area contributed by atoms with Gasteiger partial charge in [0, 0.05) is 0 Å². The summed E-state index contributed by atoms with van der Waals surface area (Å²) in [5.74, 6) is 0. The first-order valence-electron chi connectivity index (χ1n) is 11.2. The fourth-order valence-corrected chi connectivity index (χ4v) is 2.99. The van der Waals surface area contributed by atoms with Gasteiger partial charge in [-0.1, -0.05) is 78.8 Å². The number of hydrogen-bond donors (Lipinski definition) is 0. The third-order valence-electron chi connectivity index (χ3n) is 5.41. The zero-order valence-electron chi connectivity index (χ0n) is 20.1. The second-order valence-electron chi connectivity index (χ2n) is 7.83. The van der Waals surface area contributed by atoms with E-state index in [4.69, 9.17) is 14.8 Å². The summed E-state index contributed by atoms with van der Waals surface area (Å²) in [6.45, 7) is 8.00. The molecule has 4 rings (SSSR count). The summed E-state index contributed by atoms with van der Waals surface area (Å²) in [7, 11) is -0.496. The van der Waals surface area contributed by atoms with E-state index < -0.39 is 18.3 Å². The molecule has 136 valence electrons. The molecule has 0 aromatic heterocycles. The summed E-state index contributed by atoms with van der Waals surface area (Å²) >= 11 is 0. The largest absolute Gasteiger partial charge is 0.494 e. The van der Waals surface area contributed by atoms with Crippen LogP contribution in [-0.4, -0.2) is 18.3 Å². The molecule has 0 atom stereocenters. The van der Waals surface area contributed by atoms with Crippen molar-refractivity contribution in [3.8, 4) is 22.3 Å².